The van der Waals surface area contributed by atoms with Gasteiger partial charge in [-0.3, -0.25) is 0 Å². The number of ether oxygens (including phenoxy) is 3. The monoisotopic (exact) mass is 365 g/mol. The zero-order chi connectivity index (χ0) is 18.5. The van der Waals surface area contributed by atoms with E-state index < -0.39 is 0 Å². The molecule has 2 heterocycles. The molecule has 2 aromatic carbocycles. The van der Waals surface area contributed by atoms with Gasteiger partial charge in [0.2, 0.25) is 0 Å². The van der Waals surface area contributed by atoms with Gasteiger partial charge in [0.1, 0.15) is 12.4 Å². The SMILES string of the molecule is COc1nn(C2CCCCO2)nc1-c1ccc(OCc2ccccc2)cc1. The molecule has 3 aromatic rings. The van der Waals surface area contributed by atoms with Crippen molar-refractivity contribution in [3.8, 4) is 22.9 Å². The maximum atomic E-state index is 5.85. The minimum atomic E-state index is -0.116. The van der Waals surface area contributed by atoms with Crippen LogP contribution in [-0.4, -0.2) is 28.7 Å². The van der Waals surface area contributed by atoms with Gasteiger partial charge in [-0.25, -0.2) is 0 Å². The minimum absolute atomic E-state index is 0.116. The molecule has 4 rings (SSSR count). The van der Waals surface area contributed by atoms with Crippen LogP contribution in [0.25, 0.3) is 11.3 Å². The van der Waals surface area contributed by atoms with Gasteiger partial charge in [-0.2, -0.15) is 4.80 Å². The third kappa shape index (κ3) is 4.11. The quantitative estimate of drug-likeness (QED) is 0.654. The fraction of sp³-hybridized carbons (Fsp3) is 0.333. The lowest BCUT2D eigenvalue weighted by atomic mass is 10.1. The number of aromatic nitrogens is 3. The van der Waals surface area contributed by atoms with Crippen LogP contribution < -0.4 is 9.47 Å². The summed E-state index contributed by atoms with van der Waals surface area (Å²) in [4.78, 5) is 1.63. The molecular weight excluding hydrogens is 342 g/mol. The van der Waals surface area contributed by atoms with Crippen molar-refractivity contribution < 1.29 is 14.2 Å². The number of nitrogens with zero attached hydrogens (tertiary/aromatic N) is 3. The molecule has 6 heteroatoms. The van der Waals surface area contributed by atoms with Crippen LogP contribution in [0.15, 0.2) is 54.6 Å². The molecule has 1 aliphatic heterocycles. The Hall–Kier alpha value is -2.86. The number of methoxy groups -OCH3 is 1. The molecule has 1 aromatic heterocycles. The molecule has 0 amide bonds. The fourth-order valence-corrected chi connectivity index (χ4v) is 3.11. The number of benzene rings is 2. The van der Waals surface area contributed by atoms with Crippen molar-refractivity contribution >= 4 is 0 Å². The Bertz CT molecular complexity index is 856. The van der Waals surface area contributed by atoms with Crippen molar-refractivity contribution in [2.24, 2.45) is 0 Å². The molecule has 6 nitrogen and oxygen atoms in total. The molecule has 0 spiro atoms. The van der Waals surface area contributed by atoms with Crippen LogP contribution in [0.5, 0.6) is 11.6 Å². The van der Waals surface area contributed by atoms with Crippen molar-refractivity contribution in [3.63, 3.8) is 0 Å². The summed E-state index contributed by atoms with van der Waals surface area (Å²) in [6.07, 6.45) is 3.02. The van der Waals surface area contributed by atoms with Crippen molar-refractivity contribution in [1.82, 2.24) is 15.0 Å². The van der Waals surface area contributed by atoms with Crippen LogP contribution in [0, 0.1) is 0 Å². The first-order chi connectivity index (χ1) is 13.3. The molecule has 0 aliphatic carbocycles. The van der Waals surface area contributed by atoms with E-state index in [4.69, 9.17) is 14.2 Å². The smallest absolute Gasteiger partial charge is 0.261 e. The van der Waals surface area contributed by atoms with Gasteiger partial charge < -0.3 is 14.2 Å². The highest BCUT2D eigenvalue weighted by Crippen LogP contribution is 2.30. The van der Waals surface area contributed by atoms with E-state index in [1.807, 2.05) is 54.6 Å². The summed E-state index contributed by atoms with van der Waals surface area (Å²) in [7, 11) is 1.61. The third-order valence-electron chi connectivity index (χ3n) is 4.58. The molecule has 0 bridgehead atoms. The second-order valence-electron chi connectivity index (χ2n) is 6.50. The largest absolute Gasteiger partial charge is 0.489 e. The van der Waals surface area contributed by atoms with Gasteiger partial charge in [-0.15, -0.1) is 10.2 Å². The molecular formula is C21H23N3O3. The van der Waals surface area contributed by atoms with Gasteiger partial charge >= 0.3 is 0 Å². The molecule has 0 radical (unpaired) electrons. The Morgan fingerprint density at radius 2 is 1.85 bits per heavy atom. The third-order valence-corrected chi connectivity index (χ3v) is 4.58. The lowest BCUT2D eigenvalue weighted by molar-refractivity contribution is -0.0483. The van der Waals surface area contributed by atoms with E-state index >= 15 is 0 Å². The molecule has 27 heavy (non-hydrogen) atoms. The summed E-state index contributed by atoms with van der Waals surface area (Å²) >= 11 is 0. The summed E-state index contributed by atoms with van der Waals surface area (Å²) < 4.78 is 17.0. The Morgan fingerprint density at radius 3 is 2.56 bits per heavy atom. The van der Waals surface area contributed by atoms with Crippen LogP contribution >= 0.6 is 0 Å². The van der Waals surface area contributed by atoms with Crippen molar-refractivity contribution in [2.75, 3.05) is 13.7 Å². The zero-order valence-corrected chi connectivity index (χ0v) is 15.4. The highest BCUT2D eigenvalue weighted by atomic mass is 16.5. The van der Waals surface area contributed by atoms with E-state index in [0.29, 0.717) is 18.2 Å². The standard InChI is InChI=1S/C21H23N3O3/c1-25-21-20(22-24(23-21)19-9-5-6-14-26-19)17-10-12-18(13-11-17)27-15-16-7-3-2-4-8-16/h2-4,7-8,10-13,19H,5-6,9,14-15H2,1H3. The van der Waals surface area contributed by atoms with Gasteiger partial charge in [0.05, 0.1) is 7.11 Å². The zero-order valence-electron chi connectivity index (χ0n) is 15.4. The molecule has 1 fully saturated rings. The van der Waals surface area contributed by atoms with E-state index in [1.54, 1.807) is 11.9 Å². The van der Waals surface area contributed by atoms with Gasteiger partial charge in [-0.05, 0) is 49.1 Å². The Kier molecular flexibility index (Phi) is 5.34. The van der Waals surface area contributed by atoms with Crippen LogP contribution in [0.4, 0.5) is 0 Å². The first kappa shape index (κ1) is 17.5. The average Bonchev–Trinajstić information content (AvgIpc) is 3.18. The lowest BCUT2D eigenvalue weighted by Crippen LogP contribution is -2.20. The number of hydrogen-bond donors (Lipinski definition) is 0. The first-order valence-corrected chi connectivity index (χ1v) is 9.23. The van der Waals surface area contributed by atoms with Crippen molar-refractivity contribution in [2.45, 2.75) is 32.1 Å². The summed E-state index contributed by atoms with van der Waals surface area (Å²) in [5, 5.41) is 9.07. The molecule has 140 valence electrons. The van der Waals surface area contributed by atoms with Crippen molar-refractivity contribution in [3.05, 3.63) is 60.2 Å². The predicted octanol–water partition coefficient (Wildman–Crippen LogP) is 4.23. The van der Waals surface area contributed by atoms with Gasteiger partial charge in [0.25, 0.3) is 5.88 Å². The molecule has 1 aliphatic rings. The maximum Gasteiger partial charge on any atom is 0.261 e. The Labute approximate surface area is 158 Å². The predicted molar refractivity (Wildman–Crippen MR) is 102 cm³/mol. The molecule has 0 saturated carbocycles. The summed E-state index contributed by atoms with van der Waals surface area (Å²) in [5.41, 5.74) is 2.78. The van der Waals surface area contributed by atoms with Crippen molar-refractivity contribution in [1.29, 1.82) is 0 Å². The summed E-state index contributed by atoms with van der Waals surface area (Å²) in [6.45, 7) is 1.29. The van der Waals surface area contributed by atoms with E-state index in [9.17, 15) is 0 Å². The average molecular weight is 365 g/mol. The number of rotatable bonds is 6. The Balaban J connectivity index is 1.48. The highest BCUT2D eigenvalue weighted by molar-refractivity contribution is 5.64. The summed E-state index contributed by atoms with van der Waals surface area (Å²) in [6, 6.07) is 17.9. The van der Waals surface area contributed by atoms with E-state index in [1.165, 1.54) is 0 Å². The Morgan fingerprint density at radius 1 is 1.04 bits per heavy atom. The molecule has 1 unspecified atom stereocenters. The molecule has 1 saturated heterocycles. The number of hydrogen-bond acceptors (Lipinski definition) is 5. The van der Waals surface area contributed by atoms with E-state index in [0.717, 1.165) is 42.7 Å². The van der Waals surface area contributed by atoms with Gasteiger partial charge in [-0.1, -0.05) is 30.3 Å². The summed E-state index contributed by atoms with van der Waals surface area (Å²) in [5.74, 6) is 1.31. The van der Waals surface area contributed by atoms with Crippen LogP contribution in [-0.2, 0) is 11.3 Å². The van der Waals surface area contributed by atoms with E-state index in [2.05, 4.69) is 10.2 Å². The van der Waals surface area contributed by atoms with E-state index in [-0.39, 0.29) is 6.23 Å². The normalized spacial score (nSPS) is 16.9. The van der Waals surface area contributed by atoms with Crippen LogP contribution in [0.3, 0.4) is 0 Å². The second kappa shape index (κ2) is 8.22. The molecule has 0 N–H and O–H groups in total. The van der Waals surface area contributed by atoms with Gasteiger partial charge in [0.15, 0.2) is 11.9 Å². The minimum Gasteiger partial charge on any atom is -0.489 e. The maximum absolute atomic E-state index is 5.85. The van der Waals surface area contributed by atoms with Crippen LogP contribution in [0.2, 0.25) is 0 Å². The lowest BCUT2D eigenvalue weighted by Gasteiger charge is -2.21. The molecule has 1 atom stereocenters. The van der Waals surface area contributed by atoms with Gasteiger partial charge in [0, 0.05) is 12.2 Å². The fourth-order valence-electron chi connectivity index (χ4n) is 3.11. The first-order valence-electron chi connectivity index (χ1n) is 9.23. The topological polar surface area (TPSA) is 58.4 Å². The second-order valence-corrected chi connectivity index (χ2v) is 6.50. The highest BCUT2D eigenvalue weighted by Gasteiger charge is 2.22. The van der Waals surface area contributed by atoms with Crippen LogP contribution in [0.1, 0.15) is 31.1 Å².